The Hall–Kier alpha value is -2.04. The van der Waals surface area contributed by atoms with Crippen LogP contribution in [-0.2, 0) is 44.0 Å². The summed E-state index contributed by atoms with van der Waals surface area (Å²) in [6.45, 7) is 34.4. The Bertz CT molecular complexity index is 1110. The lowest BCUT2D eigenvalue weighted by Gasteiger charge is -2.32. The molecule has 0 bridgehead atoms. The van der Waals surface area contributed by atoms with Crippen LogP contribution < -0.4 is 9.47 Å². The van der Waals surface area contributed by atoms with Gasteiger partial charge >= 0.3 is 0 Å². The molecule has 2 aromatic carbocycles. The van der Waals surface area contributed by atoms with Crippen molar-refractivity contribution in [3.05, 3.63) is 57.6 Å². The first-order valence-electron chi connectivity index (χ1n) is 15.9. The molecule has 42 heavy (non-hydrogen) atoms. The lowest BCUT2D eigenvalue weighted by atomic mass is 9.77. The van der Waals surface area contributed by atoms with Crippen molar-refractivity contribution in [2.45, 2.75) is 143 Å². The molecule has 0 aromatic heterocycles. The number of hydrogen-bond acceptors (Lipinski definition) is 4. The summed E-state index contributed by atoms with van der Waals surface area (Å²) in [7, 11) is 0. The van der Waals surface area contributed by atoms with Crippen LogP contribution in [0, 0.1) is 0 Å². The highest BCUT2D eigenvalue weighted by molar-refractivity contribution is 5.53. The first kappa shape index (κ1) is 32.9. The minimum absolute atomic E-state index is 0.0453. The van der Waals surface area contributed by atoms with Crippen molar-refractivity contribution >= 4 is 0 Å². The Morgan fingerprint density at radius 2 is 0.762 bits per heavy atom. The molecule has 2 atom stereocenters. The van der Waals surface area contributed by atoms with Gasteiger partial charge in [-0.25, -0.2) is 0 Å². The highest BCUT2D eigenvalue weighted by atomic mass is 16.6. The molecule has 234 valence electrons. The third-order valence-electron chi connectivity index (χ3n) is 8.55. The summed E-state index contributed by atoms with van der Waals surface area (Å²) < 4.78 is 24.5. The minimum Gasteiger partial charge on any atom is -0.490 e. The summed E-state index contributed by atoms with van der Waals surface area (Å²) in [5.74, 6) is 2.07. The van der Waals surface area contributed by atoms with Gasteiger partial charge in [-0.3, -0.25) is 0 Å². The van der Waals surface area contributed by atoms with Gasteiger partial charge in [0, 0.05) is 22.3 Å². The molecule has 0 saturated carbocycles. The van der Waals surface area contributed by atoms with Crippen LogP contribution in [0.3, 0.4) is 0 Å². The molecule has 2 saturated heterocycles. The summed E-state index contributed by atoms with van der Waals surface area (Å²) in [6.07, 6.45) is 1.93. The third-order valence-corrected chi connectivity index (χ3v) is 8.55. The second-order valence-electron chi connectivity index (χ2n) is 17.6. The molecule has 2 unspecified atom stereocenters. The van der Waals surface area contributed by atoms with Crippen LogP contribution in [0.25, 0.3) is 0 Å². The molecular weight excluding hydrogens is 520 g/mol. The zero-order valence-electron chi connectivity index (χ0n) is 29.2. The van der Waals surface area contributed by atoms with Crippen molar-refractivity contribution in [2.75, 3.05) is 26.4 Å². The van der Waals surface area contributed by atoms with Crippen molar-refractivity contribution < 1.29 is 18.9 Å². The summed E-state index contributed by atoms with van der Waals surface area (Å²) in [5, 5.41) is 0. The van der Waals surface area contributed by atoms with Crippen molar-refractivity contribution in [2.24, 2.45) is 0 Å². The number of benzene rings is 2. The SMILES string of the molecule is CC1(COc2c(C(C)(C)C)cc(CCc3cc(C(C)(C)C)c(OCC4(C)CO4)c(C(C)(C)C)c3)cc2C(C)(C)C)CO1. The molecule has 4 rings (SSSR count). The fourth-order valence-corrected chi connectivity index (χ4v) is 5.36. The van der Waals surface area contributed by atoms with Gasteiger partial charge in [0.2, 0.25) is 0 Å². The first-order chi connectivity index (χ1) is 19.0. The molecule has 4 nitrogen and oxygen atoms in total. The van der Waals surface area contributed by atoms with Gasteiger partial charge in [-0.15, -0.1) is 0 Å². The molecule has 0 spiro atoms. The fourth-order valence-electron chi connectivity index (χ4n) is 5.36. The van der Waals surface area contributed by atoms with Crippen LogP contribution in [0.4, 0.5) is 0 Å². The van der Waals surface area contributed by atoms with Gasteiger partial charge in [-0.1, -0.05) is 107 Å². The molecule has 2 fully saturated rings. The zero-order chi connectivity index (χ0) is 31.5. The molecule has 2 aromatic rings. The average molecular weight is 579 g/mol. The Kier molecular flexibility index (Phi) is 8.48. The molecule has 0 amide bonds. The monoisotopic (exact) mass is 578 g/mol. The maximum absolute atomic E-state index is 6.59. The van der Waals surface area contributed by atoms with E-state index in [1.54, 1.807) is 0 Å². The van der Waals surface area contributed by atoms with E-state index >= 15 is 0 Å². The fraction of sp³-hybridized carbons (Fsp3) is 0.684. The molecular formula is C38H58O4. The zero-order valence-corrected chi connectivity index (χ0v) is 29.2. The Morgan fingerprint density at radius 3 is 0.952 bits per heavy atom. The summed E-state index contributed by atoms with van der Waals surface area (Å²) in [4.78, 5) is 0. The maximum atomic E-state index is 6.59. The molecule has 4 heteroatoms. The largest absolute Gasteiger partial charge is 0.490 e. The molecule has 2 aliphatic rings. The highest BCUT2D eigenvalue weighted by Gasteiger charge is 2.42. The lowest BCUT2D eigenvalue weighted by molar-refractivity contribution is 0.196. The van der Waals surface area contributed by atoms with Gasteiger partial charge in [0.1, 0.15) is 35.9 Å². The van der Waals surface area contributed by atoms with E-state index in [-0.39, 0.29) is 32.9 Å². The van der Waals surface area contributed by atoms with E-state index in [0.29, 0.717) is 13.2 Å². The number of epoxide rings is 2. The lowest BCUT2D eigenvalue weighted by Crippen LogP contribution is -2.24. The normalized spacial score (nSPS) is 22.7. The maximum Gasteiger partial charge on any atom is 0.126 e. The van der Waals surface area contributed by atoms with Gasteiger partial charge < -0.3 is 18.9 Å². The van der Waals surface area contributed by atoms with Crippen molar-refractivity contribution in [3.63, 3.8) is 0 Å². The summed E-state index contributed by atoms with van der Waals surface area (Å²) in [5.41, 5.74) is 7.34. The van der Waals surface area contributed by atoms with Gasteiger partial charge in [-0.05, 0) is 59.5 Å². The first-order valence-corrected chi connectivity index (χ1v) is 15.9. The number of aryl methyl sites for hydroxylation is 2. The van der Waals surface area contributed by atoms with E-state index in [0.717, 1.165) is 37.6 Å². The van der Waals surface area contributed by atoms with Crippen LogP contribution >= 0.6 is 0 Å². The predicted molar refractivity (Wildman–Crippen MR) is 175 cm³/mol. The van der Waals surface area contributed by atoms with Crippen molar-refractivity contribution in [1.29, 1.82) is 0 Å². The summed E-state index contributed by atoms with van der Waals surface area (Å²) >= 11 is 0. The smallest absolute Gasteiger partial charge is 0.126 e. The molecule has 2 heterocycles. The van der Waals surface area contributed by atoms with Crippen LogP contribution in [-0.4, -0.2) is 37.6 Å². The second kappa shape index (κ2) is 10.8. The third kappa shape index (κ3) is 7.91. The minimum atomic E-state index is -0.155. The quantitative estimate of drug-likeness (QED) is 0.279. The summed E-state index contributed by atoms with van der Waals surface area (Å²) in [6, 6.07) is 9.57. The molecule has 0 radical (unpaired) electrons. The number of ether oxygens (including phenoxy) is 4. The Morgan fingerprint density at radius 1 is 0.524 bits per heavy atom. The van der Waals surface area contributed by atoms with Gasteiger partial charge in [0.25, 0.3) is 0 Å². The van der Waals surface area contributed by atoms with Gasteiger partial charge in [0.15, 0.2) is 0 Å². The van der Waals surface area contributed by atoms with Crippen LogP contribution in [0.2, 0.25) is 0 Å². The van der Waals surface area contributed by atoms with Crippen molar-refractivity contribution in [3.8, 4) is 11.5 Å². The van der Waals surface area contributed by atoms with Crippen LogP contribution in [0.1, 0.15) is 130 Å². The number of rotatable bonds is 9. The van der Waals surface area contributed by atoms with E-state index < -0.39 is 0 Å². The number of hydrogen-bond donors (Lipinski definition) is 0. The van der Waals surface area contributed by atoms with Crippen molar-refractivity contribution in [1.82, 2.24) is 0 Å². The van der Waals surface area contributed by atoms with Gasteiger partial charge in [-0.2, -0.15) is 0 Å². The van der Waals surface area contributed by atoms with Crippen LogP contribution in [0.15, 0.2) is 24.3 Å². The molecule has 2 aliphatic heterocycles. The average Bonchev–Trinajstić information content (AvgIpc) is 3.76. The standard InChI is InChI=1S/C38H58O4/c1-33(2,3)27-17-25(18-28(34(4,5)6)31(27)39-21-37(13)23-41-37)15-16-26-19-29(35(7,8)9)32(30(20-26)36(10,11)12)40-22-38(14)24-42-38/h17-20H,15-16,21-24H2,1-14H3. The predicted octanol–water partition coefficient (Wildman–Crippen LogP) is 9.00. The second-order valence-corrected chi connectivity index (χ2v) is 17.6. The van der Waals surface area contributed by atoms with E-state index in [9.17, 15) is 0 Å². The van der Waals surface area contributed by atoms with Crippen LogP contribution in [0.5, 0.6) is 11.5 Å². The van der Waals surface area contributed by atoms with E-state index in [4.69, 9.17) is 18.9 Å². The van der Waals surface area contributed by atoms with Gasteiger partial charge in [0.05, 0.1) is 13.2 Å². The Balaban J connectivity index is 1.72. The molecule has 0 N–H and O–H groups in total. The van der Waals surface area contributed by atoms with E-state index in [1.165, 1.54) is 33.4 Å². The Labute approximate surface area is 256 Å². The van der Waals surface area contributed by atoms with E-state index in [2.05, 4.69) is 121 Å². The highest BCUT2D eigenvalue weighted by Crippen LogP contribution is 2.44. The van der Waals surface area contributed by atoms with E-state index in [1.807, 2.05) is 0 Å². The topological polar surface area (TPSA) is 43.5 Å². The molecule has 0 aliphatic carbocycles.